The standard InChI is InChI=1S/C62H116O3/c1-4-7-10-13-16-19-22-25-28-31-33-36-39-42-45-48-51-59-58(56-57-65-62(64)53-50-47-44-41-38-35-30-27-24-21-18-15-12-9-6-3)54-55-61(63)60(59)52-49-46-43-40-37-34-32-29-26-23-20-17-14-11-8-5-2/h54-55,63H,4-53,56-57H2,1-3H3. The van der Waals surface area contributed by atoms with Crippen molar-refractivity contribution in [3.8, 4) is 5.75 Å². The Kier molecular flexibility index (Phi) is 47.7. The van der Waals surface area contributed by atoms with Crippen molar-refractivity contribution in [1.82, 2.24) is 0 Å². The van der Waals surface area contributed by atoms with E-state index in [-0.39, 0.29) is 5.97 Å². The fraction of sp³-hybridized carbons (Fsp3) is 0.887. The molecule has 0 spiro atoms. The quantitative estimate of drug-likeness (QED) is 0.0523. The molecule has 65 heavy (non-hydrogen) atoms. The first-order chi connectivity index (χ1) is 32.1. The van der Waals surface area contributed by atoms with Crippen molar-refractivity contribution in [2.45, 2.75) is 348 Å². The number of phenols is 1. The summed E-state index contributed by atoms with van der Waals surface area (Å²) in [6.07, 6.45) is 67.5. The molecule has 1 aromatic rings. The molecule has 0 aliphatic rings. The summed E-state index contributed by atoms with van der Waals surface area (Å²) in [5, 5.41) is 11.2. The Labute approximate surface area is 408 Å². The van der Waals surface area contributed by atoms with Crippen molar-refractivity contribution in [3.63, 3.8) is 0 Å². The summed E-state index contributed by atoms with van der Waals surface area (Å²) in [6.45, 7) is 7.35. The molecule has 0 radical (unpaired) electrons. The van der Waals surface area contributed by atoms with Gasteiger partial charge in [-0.05, 0) is 54.9 Å². The molecule has 0 saturated carbocycles. The number of rotatable bonds is 53. The Bertz CT molecular complexity index is 1110. The van der Waals surface area contributed by atoms with E-state index in [2.05, 4.69) is 26.8 Å². The molecule has 1 aromatic carbocycles. The van der Waals surface area contributed by atoms with Gasteiger partial charge in [0.1, 0.15) is 5.75 Å². The van der Waals surface area contributed by atoms with Crippen molar-refractivity contribution in [1.29, 1.82) is 0 Å². The summed E-state index contributed by atoms with van der Waals surface area (Å²) in [6, 6.07) is 4.04. The maximum absolute atomic E-state index is 12.7. The van der Waals surface area contributed by atoms with Gasteiger partial charge in [0.15, 0.2) is 0 Å². The van der Waals surface area contributed by atoms with E-state index in [0.717, 1.165) is 38.5 Å². The highest BCUT2D eigenvalue weighted by Crippen LogP contribution is 2.30. The van der Waals surface area contributed by atoms with E-state index < -0.39 is 0 Å². The molecule has 0 atom stereocenters. The van der Waals surface area contributed by atoms with Gasteiger partial charge in [-0.1, -0.05) is 309 Å². The van der Waals surface area contributed by atoms with Crippen molar-refractivity contribution in [2.24, 2.45) is 0 Å². The highest BCUT2D eigenvalue weighted by molar-refractivity contribution is 5.69. The Morgan fingerprint density at radius 1 is 0.338 bits per heavy atom. The van der Waals surface area contributed by atoms with Crippen molar-refractivity contribution in [3.05, 3.63) is 28.8 Å². The number of aromatic hydroxyl groups is 1. The predicted molar refractivity (Wildman–Crippen MR) is 289 cm³/mol. The third-order valence-electron chi connectivity index (χ3n) is 14.7. The third kappa shape index (κ3) is 41.2. The number of hydrogen-bond donors (Lipinski definition) is 1. The summed E-state index contributed by atoms with van der Waals surface area (Å²) in [7, 11) is 0. The maximum Gasteiger partial charge on any atom is 0.305 e. The molecule has 3 nitrogen and oxygen atoms in total. The third-order valence-corrected chi connectivity index (χ3v) is 14.7. The fourth-order valence-corrected chi connectivity index (χ4v) is 10.2. The first-order valence-electron chi connectivity index (χ1n) is 30.1. The monoisotopic (exact) mass is 909 g/mol. The van der Waals surface area contributed by atoms with Gasteiger partial charge in [0.05, 0.1) is 6.61 Å². The lowest BCUT2D eigenvalue weighted by Crippen LogP contribution is -2.10. The summed E-state index contributed by atoms with van der Waals surface area (Å²) in [5.74, 6) is 0.442. The van der Waals surface area contributed by atoms with Gasteiger partial charge in [0.2, 0.25) is 0 Å². The van der Waals surface area contributed by atoms with E-state index in [9.17, 15) is 9.90 Å². The van der Waals surface area contributed by atoms with Crippen LogP contribution in [0.1, 0.15) is 346 Å². The molecule has 0 fully saturated rings. The average Bonchev–Trinajstić information content (AvgIpc) is 3.31. The predicted octanol–water partition coefficient (Wildman–Crippen LogP) is 21.3. The number of phenolic OH excluding ortho intramolecular Hbond substituents is 1. The van der Waals surface area contributed by atoms with Gasteiger partial charge in [-0.25, -0.2) is 0 Å². The molecule has 0 aliphatic carbocycles. The van der Waals surface area contributed by atoms with Crippen LogP contribution in [0.3, 0.4) is 0 Å². The summed E-state index contributed by atoms with van der Waals surface area (Å²) < 4.78 is 5.82. The fourth-order valence-electron chi connectivity index (χ4n) is 10.2. The molecular weight excluding hydrogens is 793 g/mol. The molecule has 0 saturated heterocycles. The molecule has 1 N–H and O–H groups in total. The Morgan fingerprint density at radius 2 is 0.600 bits per heavy atom. The molecule has 0 bridgehead atoms. The van der Waals surface area contributed by atoms with Crippen LogP contribution in [-0.4, -0.2) is 17.7 Å². The molecule has 0 unspecified atom stereocenters. The Hall–Kier alpha value is -1.51. The van der Waals surface area contributed by atoms with Crippen molar-refractivity contribution in [2.75, 3.05) is 6.61 Å². The topological polar surface area (TPSA) is 46.5 Å². The number of esters is 1. The van der Waals surface area contributed by atoms with E-state index in [1.165, 1.54) is 299 Å². The largest absolute Gasteiger partial charge is 0.508 e. The molecule has 3 heteroatoms. The number of carbonyl (C=O) groups is 1. The molecule has 0 aromatic heterocycles. The minimum atomic E-state index is -0.0359. The van der Waals surface area contributed by atoms with Gasteiger partial charge in [0.25, 0.3) is 0 Å². The smallest absolute Gasteiger partial charge is 0.305 e. The first kappa shape index (κ1) is 61.5. The maximum atomic E-state index is 12.7. The minimum absolute atomic E-state index is 0.0359. The van der Waals surface area contributed by atoms with Gasteiger partial charge in [-0.3, -0.25) is 4.79 Å². The molecule has 382 valence electrons. The van der Waals surface area contributed by atoms with Gasteiger partial charge < -0.3 is 9.84 Å². The average molecular weight is 910 g/mol. The van der Waals surface area contributed by atoms with E-state index in [0.29, 0.717) is 18.8 Å². The summed E-state index contributed by atoms with van der Waals surface area (Å²) in [5.41, 5.74) is 3.82. The van der Waals surface area contributed by atoms with E-state index in [4.69, 9.17) is 4.74 Å². The highest BCUT2D eigenvalue weighted by atomic mass is 16.5. The Balaban J connectivity index is 2.40. The molecule has 0 aliphatic heterocycles. The number of hydrogen-bond acceptors (Lipinski definition) is 3. The van der Waals surface area contributed by atoms with Crippen molar-refractivity contribution < 1.29 is 14.6 Å². The van der Waals surface area contributed by atoms with Crippen molar-refractivity contribution >= 4 is 5.97 Å². The van der Waals surface area contributed by atoms with Crippen LogP contribution in [-0.2, 0) is 28.8 Å². The molecule has 1 rings (SSSR count). The molecular formula is C62H116O3. The van der Waals surface area contributed by atoms with Crippen LogP contribution < -0.4 is 0 Å². The van der Waals surface area contributed by atoms with E-state index in [1.807, 2.05) is 6.07 Å². The lowest BCUT2D eigenvalue weighted by molar-refractivity contribution is -0.143. The summed E-state index contributed by atoms with van der Waals surface area (Å²) >= 11 is 0. The minimum Gasteiger partial charge on any atom is -0.508 e. The van der Waals surface area contributed by atoms with Gasteiger partial charge in [-0.2, -0.15) is 0 Å². The number of benzene rings is 1. The Morgan fingerprint density at radius 3 is 0.908 bits per heavy atom. The SMILES string of the molecule is CCCCCCCCCCCCCCCCCCc1c(O)ccc(CCOC(=O)CCCCCCCCCCCCCCCCC)c1CCCCCCCCCCCCCCCCCC. The highest BCUT2D eigenvalue weighted by Gasteiger charge is 2.14. The van der Waals surface area contributed by atoms with Gasteiger partial charge in [0, 0.05) is 12.8 Å². The first-order valence-corrected chi connectivity index (χ1v) is 30.1. The second-order valence-corrected chi connectivity index (χ2v) is 21.0. The van der Waals surface area contributed by atoms with Gasteiger partial charge in [-0.15, -0.1) is 0 Å². The van der Waals surface area contributed by atoms with Crippen LogP contribution in [0.2, 0.25) is 0 Å². The second kappa shape index (κ2) is 50.4. The van der Waals surface area contributed by atoms with Crippen LogP contribution in [0.4, 0.5) is 0 Å². The lowest BCUT2D eigenvalue weighted by atomic mass is 9.90. The zero-order valence-electron chi connectivity index (χ0n) is 44.7. The zero-order chi connectivity index (χ0) is 46.8. The summed E-state index contributed by atoms with van der Waals surface area (Å²) in [4.78, 5) is 12.7. The molecule has 0 heterocycles. The number of ether oxygens (including phenoxy) is 1. The number of unbranched alkanes of at least 4 members (excludes halogenated alkanes) is 44. The van der Waals surface area contributed by atoms with E-state index in [1.54, 1.807) is 0 Å². The lowest BCUT2D eigenvalue weighted by Gasteiger charge is -2.17. The van der Waals surface area contributed by atoms with Gasteiger partial charge >= 0.3 is 5.97 Å². The van der Waals surface area contributed by atoms with Crippen LogP contribution >= 0.6 is 0 Å². The van der Waals surface area contributed by atoms with Crippen LogP contribution in [0.5, 0.6) is 5.75 Å². The number of carbonyl (C=O) groups excluding carboxylic acids is 1. The van der Waals surface area contributed by atoms with Crippen LogP contribution in [0.25, 0.3) is 0 Å². The van der Waals surface area contributed by atoms with Crippen LogP contribution in [0, 0.1) is 0 Å². The van der Waals surface area contributed by atoms with Crippen LogP contribution in [0.15, 0.2) is 12.1 Å². The normalized spacial score (nSPS) is 11.6. The van der Waals surface area contributed by atoms with E-state index >= 15 is 0 Å². The molecule has 0 amide bonds. The zero-order valence-corrected chi connectivity index (χ0v) is 44.7. The second-order valence-electron chi connectivity index (χ2n) is 21.0.